The quantitative estimate of drug-likeness (QED) is 0.0609. The Morgan fingerprint density at radius 3 is 2.47 bits per heavy atom. The van der Waals surface area contributed by atoms with Crippen LogP contribution in [-0.2, 0) is 30.5 Å². The molecule has 2 rings (SSSR count). The van der Waals surface area contributed by atoms with E-state index in [2.05, 4.69) is 15.4 Å². The fraction of sp³-hybridized carbons (Fsp3) is 0.421. The van der Waals surface area contributed by atoms with E-state index in [9.17, 15) is 30.0 Å². The Morgan fingerprint density at radius 2 is 1.97 bits per heavy atom. The third-order valence-electron chi connectivity index (χ3n) is 5.06. The van der Waals surface area contributed by atoms with Gasteiger partial charge >= 0.3 is 11.7 Å². The smallest absolute Gasteiger partial charge is 0.441 e. The molecule has 13 heteroatoms. The molecule has 1 aliphatic heterocycles. The number of hydrogen-bond donors (Lipinski definition) is 2. The van der Waals surface area contributed by atoms with Gasteiger partial charge in [-0.1, -0.05) is 6.92 Å². The lowest BCUT2D eigenvalue weighted by Gasteiger charge is -2.42. The van der Waals surface area contributed by atoms with Gasteiger partial charge in [0.1, 0.15) is 6.61 Å². The minimum absolute atomic E-state index is 0.0855. The van der Waals surface area contributed by atoms with Crippen molar-refractivity contribution < 1.29 is 33.6 Å². The summed E-state index contributed by atoms with van der Waals surface area (Å²) >= 11 is 4.92. The van der Waals surface area contributed by atoms with Gasteiger partial charge in [-0.25, -0.2) is 4.79 Å². The van der Waals surface area contributed by atoms with Gasteiger partial charge in [-0.05, 0) is 36.8 Å². The molecule has 0 spiro atoms. The highest BCUT2D eigenvalue weighted by Gasteiger charge is 2.50. The van der Waals surface area contributed by atoms with Crippen molar-refractivity contribution in [3.8, 4) is 0 Å². The zero-order valence-corrected chi connectivity index (χ0v) is 18.3. The van der Waals surface area contributed by atoms with E-state index in [0.717, 1.165) is 0 Å². The molecule has 170 valence electrons. The summed E-state index contributed by atoms with van der Waals surface area (Å²) in [6.07, 6.45) is 0. The third kappa shape index (κ3) is 5.50. The van der Waals surface area contributed by atoms with Crippen molar-refractivity contribution in [3.05, 3.63) is 45.5 Å². The molecule has 0 bridgehead atoms. The lowest BCUT2D eigenvalue weighted by molar-refractivity contribution is -0.384. The van der Waals surface area contributed by atoms with Crippen molar-refractivity contribution >= 4 is 46.5 Å². The predicted molar refractivity (Wildman–Crippen MR) is 113 cm³/mol. The minimum atomic E-state index is -1.17. The minimum Gasteiger partial charge on any atom is -0.474 e. The number of nitro benzene ring substituents is 1. The van der Waals surface area contributed by atoms with E-state index in [4.69, 9.17) is 21.7 Å². The van der Waals surface area contributed by atoms with E-state index < -0.39 is 46.3 Å². The Bertz CT molecular complexity index is 990. The SMILES string of the molecule is COC(=S)NC(C)[C@H]1C(=O)N[C@@H]1C(C)C(=O)C(=[N+]=[N-])C(=O)OCc1ccc([N+](=O)[O-])cc1. The fourth-order valence-corrected chi connectivity index (χ4v) is 3.41. The number of nitrogens with zero attached hydrogens (tertiary/aromatic N) is 3. The Morgan fingerprint density at radius 1 is 1.34 bits per heavy atom. The Hall–Kier alpha value is -3.70. The second-order valence-electron chi connectivity index (χ2n) is 7.09. The monoisotopic (exact) mass is 463 g/mol. The fourth-order valence-electron chi connectivity index (χ4n) is 3.23. The summed E-state index contributed by atoms with van der Waals surface area (Å²) in [5.41, 5.74) is 8.69. The molecular weight excluding hydrogens is 442 g/mol. The standard InChI is InChI=1S/C19H21N5O7S/c1-9(14-13(17(26)22-14)10(2)21-19(32)30-3)16(25)15(23-20)18(27)31-8-11-4-6-12(7-5-11)24(28)29/h4-7,9-10,13-14H,8H2,1-3H3,(H,21,32)(H,22,26)/t9?,10?,13-,14-/m1/s1. The van der Waals surface area contributed by atoms with Gasteiger partial charge in [0.05, 0.1) is 24.0 Å². The average molecular weight is 463 g/mol. The van der Waals surface area contributed by atoms with E-state index in [0.29, 0.717) is 5.56 Å². The zero-order valence-electron chi connectivity index (χ0n) is 17.4. The number of non-ortho nitro benzene ring substituents is 1. The van der Waals surface area contributed by atoms with E-state index in [1.165, 1.54) is 38.3 Å². The van der Waals surface area contributed by atoms with Crippen LogP contribution in [0.2, 0.25) is 0 Å². The second-order valence-corrected chi connectivity index (χ2v) is 7.46. The largest absolute Gasteiger partial charge is 0.474 e. The number of ether oxygens (including phenoxy) is 2. The molecule has 1 heterocycles. The summed E-state index contributed by atoms with van der Waals surface area (Å²) in [5, 5.41) is 16.2. The molecule has 0 saturated carbocycles. The Labute approximate surface area is 188 Å². The van der Waals surface area contributed by atoms with Crippen molar-refractivity contribution in [2.45, 2.75) is 32.5 Å². The number of esters is 1. The number of rotatable bonds is 9. The lowest BCUT2D eigenvalue weighted by atomic mass is 9.75. The van der Waals surface area contributed by atoms with Crippen LogP contribution < -0.4 is 10.6 Å². The van der Waals surface area contributed by atoms with Gasteiger partial charge in [0.25, 0.3) is 16.6 Å². The molecule has 0 aliphatic carbocycles. The highest BCUT2D eigenvalue weighted by atomic mass is 32.1. The summed E-state index contributed by atoms with van der Waals surface area (Å²) in [5.74, 6) is -3.85. The Balaban J connectivity index is 2.02. The molecule has 2 N–H and O–H groups in total. The molecule has 1 aliphatic rings. The predicted octanol–water partition coefficient (Wildman–Crippen LogP) is 0.538. The number of carbonyl (C=O) groups is 3. The zero-order chi connectivity index (χ0) is 24.0. The summed E-state index contributed by atoms with van der Waals surface area (Å²) in [6.45, 7) is 2.88. The number of nitro groups is 1. The van der Waals surface area contributed by atoms with Crippen LogP contribution in [-0.4, -0.2) is 57.5 Å². The van der Waals surface area contributed by atoms with E-state index >= 15 is 0 Å². The summed E-state index contributed by atoms with van der Waals surface area (Å²) in [6, 6.07) is 4.15. The number of nitrogens with one attached hydrogen (secondary N) is 2. The van der Waals surface area contributed by atoms with Gasteiger partial charge in [0, 0.05) is 24.1 Å². The molecule has 1 aromatic carbocycles. The van der Waals surface area contributed by atoms with E-state index in [-0.39, 0.29) is 23.4 Å². The van der Waals surface area contributed by atoms with Crippen LogP contribution in [0.1, 0.15) is 19.4 Å². The van der Waals surface area contributed by atoms with Crippen molar-refractivity contribution in [2.75, 3.05) is 7.11 Å². The maximum atomic E-state index is 12.7. The summed E-state index contributed by atoms with van der Waals surface area (Å²) < 4.78 is 9.85. The van der Waals surface area contributed by atoms with Crippen LogP contribution in [0, 0.1) is 22.0 Å². The first kappa shape index (κ1) is 24.6. The number of β-lactam (4-membered cyclic amide) rings is 1. The first-order valence-corrected chi connectivity index (χ1v) is 9.83. The first-order chi connectivity index (χ1) is 15.1. The van der Waals surface area contributed by atoms with Gasteiger partial charge in [-0.3, -0.25) is 19.7 Å². The topological polar surface area (TPSA) is 173 Å². The van der Waals surface area contributed by atoms with Gasteiger partial charge in [0.15, 0.2) is 0 Å². The number of carbonyl (C=O) groups excluding carboxylic acids is 3. The highest BCUT2D eigenvalue weighted by molar-refractivity contribution is 7.80. The number of Topliss-reactive ketones (excluding diaryl/α,β-unsaturated/α-hetero) is 1. The van der Waals surface area contributed by atoms with Crippen molar-refractivity contribution in [1.29, 1.82) is 0 Å². The lowest BCUT2D eigenvalue weighted by Crippen LogP contribution is -2.68. The van der Waals surface area contributed by atoms with Crippen LogP contribution in [0.5, 0.6) is 0 Å². The molecule has 32 heavy (non-hydrogen) atoms. The molecule has 1 fully saturated rings. The molecular formula is C19H21N5O7S. The summed E-state index contributed by atoms with van der Waals surface area (Å²) in [4.78, 5) is 49.9. The van der Waals surface area contributed by atoms with Crippen LogP contribution in [0.15, 0.2) is 24.3 Å². The van der Waals surface area contributed by atoms with Crippen LogP contribution in [0.25, 0.3) is 5.53 Å². The first-order valence-electron chi connectivity index (χ1n) is 9.42. The van der Waals surface area contributed by atoms with E-state index in [1.54, 1.807) is 6.92 Å². The van der Waals surface area contributed by atoms with Crippen molar-refractivity contribution in [1.82, 2.24) is 10.6 Å². The van der Waals surface area contributed by atoms with Gasteiger partial charge in [-0.15, -0.1) is 0 Å². The number of methoxy groups -OCH3 is 1. The van der Waals surface area contributed by atoms with Gasteiger partial charge < -0.3 is 25.6 Å². The van der Waals surface area contributed by atoms with E-state index in [1.807, 2.05) is 0 Å². The Kier molecular flexibility index (Phi) is 8.10. The third-order valence-corrected chi connectivity index (χ3v) is 5.35. The van der Waals surface area contributed by atoms with Crippen LogP contribution in [0.4, 0.5) is 5.69 Å². The number of thiocarbonyl (C=S) groups is 1. The molecule has 2 unspecified atom stereocenters. The maximum absolute atomic E-state index is 12.7. The molecule has 0 radical (unpaired) electrons. The van der Waals surface area contributed by atoms with Gasteiger partial charge in [0.2, 0.25) is 5.91 Å². The van der Waals surface area contributed by atoms with Crippen molar-refractivity contribution in [3.63, 3.8) is 0 Å². The normalized spacial score (nSPS) is 18.7. The highest BCUT2D eigenvalue weighted by Crippen LogP contribution is 2.26. The number of ketones is 1. The maximum Gasteiger partial charge on any atom is 0.441 e. The second kappa shape index (κ2) is 10.6. The molecule has 12 nitrogen and oxygen atoms in total. The average Bonchev–Trinajstić information content (AvgIpc) is 2.75. The van der Waals surface area contributed by atoms with Crippen LogP contribution in [0.3, 0.4) is 0 Å². The number of amides is 1. The number of hydrogen-bond acceptors (Lipinski definition) is 8. The molecule has 1 aromatic rings. The van der Waals surface area contributed by atoms with Crippen LogP contribution >= 0.6 is 12.2 Å². The molecule has 4 atom stereocenters. The molecule has 1 saturated heterocycles. The van der Waals surface area contributed by atoms with Crippen molar-refractivity contribution in [2.24, 2.45) is 11.8 Å². The summed E-state index contributed by atoms with van der Waals surface area (Å²) in [7, 11) is 1.37. The molecule has 0 aromatic heterocycles. The number of benzene rings is 1. The van der Waals surface area contributed by atoms with Gasteiger partial charge in [-0.2, -0.15) is 4.79 Å². The molecule has 1 amide bonds.